The van der Waals surface area contributed by atoms with Crippen LogP contribution in [0.15, 0.2) is 47.5 Å². The van der Waals surface area contributed by atoms with Crippen LogP contribution in [0.4, 0.5) is 5.69 Å². The van der Waals surface area contributed by atoms with E-state index in [1.807, 2.05) is 43.4 Å². The lowest BCUT2D eigenvalue weighted by molar-refractivity contribution is -0.141. The molecule has 1 saturated heterocycles. The number of hydrogen-bond acceptors (Lipinski definition) is 5. The number of aryl methyl sites for hydroxylation is 3. The molecule has 1 fully saturated rings. The molecule has 1 aromatic heterocycles. The third-order valence-electron chi connectivity index (χ3n) is 6.70. The standard InChI is InChI=1S/C28H35N3O5S/c1-5-6-13-36-27(32)19-31(37(34,35)23-15-20(2)14-21(3)16-23)22-9-10-24-25(18-29(4)26(24)17-22)28(33)30-11-7-8-12-30/h9-10,14-18H,5-8,11-13,19H2,1-4H3. The molecule has 1 aliphatic heterocycles. The summed E-state index contributed by atoms with van der Waals surface area (Å²) < 4.78 is 36.0. The van der Waals surface area contributed by atoms with Crippen LogP contribution >= 0.6 is 0 Å². The Bertz CT molecular complexity index is 1400. The van der Waals surface area contributed by atoms with Gasteiger partial charge < -0.3 is 14.2 Å². The van der Waals surface area contributed by atoms with Crippen LogP contribution in [0.2, 0.25) is 0 Å². The van der Waals surface area contributed by atoms with E-state index >= 15 is 0 Å². The average molecular weight is 526 g/mol. The molecule has 0 atom stereocenters. The number of amides is 1. The van der Waals surface area contributed by atoms with Gasteiger partial charge in [-0.1, -0.05) is 19.4 Å². The number of nitrogens with zero attached hydrogens (tertiary/aromatic N) is 3. The zero-order chi connectivity index (χ0) is 26.7. The first kappa shape index (κ1) is 26.7. The third-order valence-corrected chi connectivity index (χ3v) is 8.45. The van der Waals surface area contributed by atoms with Gasteiger partial charge in [0.15, 0.2) is 0 Å². The van der Waals surface area contributed by atoms with Crippen LogP contribution in [0.5, 0.6) is 0 Å². The van der Waals surface area contributed by atoms with E-state index < -0.39 is 22.5 Å². The van der Waals surface area contributed by atoms with Gasteiger partial charge in [0.2, 0.25) is 0 Å². The summed E-state index contributed by atoms with van der Waals surface area (Å²) in [7, 11) is -2.25. The zero-order valence-corrected chi connectivity index (χ0v) is 22.8. The number of benzene rings is 2. The maximum Gasteiger partial charge on any atom is 0.326 e. The Hall–Kier alpha value is -3.33. The Kier molecular flexibility index (Phi) is 7.92. The Morgan fingerprint density at radius 3 is 2.35 bits per heavy atom. The summed E-state index contributed by atoms with van der Waals surface area (Å²) in [6.07, 6.45) is 5.36. The minimum atomic E-state index is -4.08. The fraction of sp³-hybridized carbons (Fsp3) is 0.429. The fourth-order valence-electron chi connectivity index (χ4n) is 4.81. The van der Waals surface area contributed by atoms with Gasteiger partial charge in [-0.3, -0.25) is 13.9 Å². The van der Waals surface area contributed by atoms with Crippen molar-refractivity contribution >= 4 is 38.5 Å². The lowest BCUT2D eigenvalue weighted by Gasteiger charge is -2.24. The predicted molar refractivity (Wildman–Crippen MR) is 144 cm³/mol. The van der Waals surface area contributed by atoms with E-state index in [0.717, 1.165) is 53.2 Å². The monoisotopic (exact) mass is 525 g/mol. The lowest BCUT2D eigenvalue weighted by Crippen LogP contribution is -2.36. The van der Waals surface area contributed by atoms with Crippen molar-refractivity contribution in [2.24, 2.45) is 7.05 Å². The van der Waals surface area contributed by atoms with Gasteiger partial charge in [0.25, 0.3) is 15.9 Å². The van der Waals surface area contributed by atoms with Crippen molar-refractivity contribution in [3.8, 4) is 0 Å². The summed E-state index contributed by atoms with van der Waals surface area (Å²) in [5, 5.41) is 0.748. The average Bonchev–Trinajstić information content (AvgIpc) is 3.50. The summed E-state index contributed by atoms with van der Waals surface area (Å²) in [6, 6.07) is 10.2. The van der Waals surface area contributed by atoms with E-state index in [1.54, 1.807) is 36.5 Å². The first-order chi connectivity index (χ1) is 17.6. The second-order valence-electron chi connectivity index (χ2n) is 9.76. The van der Waals surface area contributed by atoms with E-state index in [0.29, 0.717) is 23.2 Å². The minimum absolute atomic E-state index is 0.0185. The van der Waals surface area contributed by atoms with Crippen LogP contribution in [0.25, 0.3) is 10.9 Å². The number of anilines is 1. The predicted octanol–water partition coefficient (Wildman–Crippen LogP) is 4.57. The van der Waals surface area contributed by atoms with Crippen molar-refractivity contribution in [3.63, 3.8) is 0 Å². The molecule has 0 spiro atoms. The van der Waals surface area contributed by atoms with Crippen LogP contribution < -0.4 is 4.31 Å². The summed E-state index contributed by atoms with van der Waals surface area (Å²) >= 11 is 0. The van der Waals surface area contributed by atoms with Crippen LogP contribution in [0.3, 0.4) is 0 Å². The first-order valence-electron chi connectivity index (χ1n) is 12.8. The lowest BCUT2D eigenvalue weighted by atomic mass is 10.1. The quantitative estimate of drug-likeness (QED) is 0.302. The Labute approximate surface area is 218 Å². The number of hydrogen-bond donors (Lipinski definition) is 0. The number of ether oxygens (including phenoxy) is 1. The largest absolute Gasteiger partial charge is 0.464 e. The molecule has 8 nitrogen and oxygen atoms in total. The highest BCUT2D eigenvalue weighted by Gasteiger charge is 2.30. The number of fused-ring (bicyclic) bond motifs is 1. The van der Waals surface area contributed by atoms with Crippen molar-refractivity contribution in [3.05, 3.63) is 59.3 Å². The van der Waals surface area contributed by atoms with Crippen molar-refractivity contribution in [2.75, 3.05) is 30.5 Å². The molecule has 1 aliphatic rings. The SMILES string of the molecule is CCCCOC(=O)CN(c1ccc2c(C(=O)N3CCCC3)cn(C)c2c1)S(=O)(=O)c1cc(C)cc(C)c1. The Balaban J connectivity index is 1.76. The molecule has 2 heterocycles. The normalized spacial score (nSPS) is 13.8. The van der Waals surface area contributed by atoms with E-state index in [-0.39, 0.29) is 17.4 Å². The number of likely N-dealkylation sites (tertiary alicyclic amines) is 1. The van der Waals surface area contributed by atoms with E-state index in [1.165, 1.54) is 0 Å². The molecular formula is C28H35N3O5S. The molecule has 0 N–H and O–H groups in total. The highest BCUT2D eigenvalue weighted by Crippen LogP contribution is 2.31. The molecule has 0 bridgehead atoms. The van der Waals surface area contributed by atoms with Gasteiger partial charge in [-0.15, -0.1) is 0 Å². The maximum atomic E-state index is 13.9. The molecule has 37 heavy (non-hydrogen) atoms. The molecule has 4 rings (SSSR count). The van der Waals surface area contributed by atoms with Crippen LogP contribution in [-0.2, 0) is 26.6 Å². The number of sulfonamides is 1. The smallest absolute Gasteiger partial charge is 0.326 e. The summed E-state index contributed by atoms with van der Waals surface area (Å²) in [5.41, 5.74) is 3.26. The van der Waals surface area contributed by atoms with Crippen LogP contribution in [0.1, 0.15) is 54.1 Å². The Morgan fingerprint density at radius 1 is 1.03 bits per heavy atom. The molecule has 9 heteroatoms. The number of unbranched alkanes of at least 4 members (excludes halogenated alkanes) is 1. The summed E-state index contributed by atoms with van der Waals surface area (Å²) in [6.45, 7) is 6.95. The summed E-state index contributed by atoms with van der Waals surface area (Å²) in [5.74, 6) is -0.631. The molecule has 0 saturated carbocycles. The first-order valence-corrected chi connectivity index (χ1v) is 14.2. The number of carbonyl (C=O) groups is 2. The van der Waals surface area contributed by atoms with Crippen molar-refractivity contribution < 1.29 is 22.7 Å². The topological polar surface area (TPSA) is 88.9 Å². The van der Waals surface area contributed by atoms with Crippen molar-refractivity contribution in [1.82, 2.24) is 9.47 Å². The molecule has 3 aromatic rings. The highest BCUT2D eigenvalue weighted by atomic mass is 32.2. The van der Waals surface area contributed by atoms with Gasteiger partial charge in [-0.2, -0.15) is 0 Å². The molecule has 198 valence electrons. The van der Waals surface area contributed by atoms with Gasteiger partial charge >= 0.3 is 5.97 Å². The number of carbonyl (C=O) groups excluding carboxylic acids is 2. The van der Waals surface area contributed by atoms with Gasteiger partial charge in [0.1, 0.15) is 6.54 Å². The van der Waals surface area contributed by atoms with E-state index in [2.05, 4.69) is 0 Å². The zero-order valence-electron chi connectivity index (χ0n) is 22.0. The van der Waals surface area contributed by atoms with Gasteiger partial charge in [-0.25, -0.2) is 8.42 Å². The number of esters is 1. The molecule has 2 aromatic carbocycles. The summed E-state index contributed by atoms with van der Waals surface area (Å²) in [4.78, 5) is 27.8. The molecule has 0 aliphatic carbocycles. The second kappa shape index (κ2) is 11.0. The number of rotatable bonds is 9. The van der Waals surface area contributed by atoms with Crippen LogP contribution in [0, 0.1) is 13.8 Å². The van der Waals surface area contributed by atoms with Gasteiger partial charge in [0, 0.05) is 31.7 Å². The molecule has 0 radical (unpaired) electrons. The molecule has 0 unspecified atom stereocenters. The second-order valence-corrected chi connectivity index (χ2v) is 11.6. The maximum absolute atomic E-state index is 13.9. The van der Waals surface area contributed by atoms with E-state index in [9.17, 15) is 18.0 Å². The van der Waals surface area contributed by atoms with E-state index in [4.69, 9.17) is 4.74 Å². The number of aromatic nitrogens is 1. The van der Waals surface area contributed by atoms with Crippen LogP contribution in [-0.4, -0.2) is 56.0 Å². The minimum Gasteiger partial charge on any atom is -0.464 e. The third kappa shape index (κ3) is 5.66. The molecule has 1 amide bonds. The fourth-order valence-corrected chi connectivity index (χ4v) is 6.40. The Morgan fingerprint density at radius 2 is 1.70 bits per heavy atom. The van der Waals surface area contributed by atoms with Crippen molar-refractivity contribution in [1.29, 1.82) is 0 Å². The highest BCUT2D eigenvalue weighted by molar-refractivity contribution is 7.92. The van der Waals surface area contributed by atoms with Gasteiger partial charge in [-0.05, 0) is 74.6 Å². The van der Waals surface area contributed by atoms with Gasteiger partial charge in [0.05, 0.1) is 28.3 Å². The van der Waals surface area contributed by atoms with Crippen molar-refractivity contribution in [2.45, 2.75) is 51.3 Å². The molecular weight excluding hydrogens is 490 g/mol.